The van der Waals surface area contributed by atoms with Crippen LogP contribution < -0.4 is 4.98 Å². The molecule has 0 bridgehead atoms. The van der Waals surface area contributed by atoms with Crippen molar-refractivity contribution in [3.63, 3.8) is 0 Å². The van der Waals surface area contributed by atoms with Gasteiger partial charge in [-0.05, 0) is 29.0 Å². The third-order valence-corrected chi connectivity index (χ3v) is 2.23. The molecule has 0 spiro atoms. The Hall–Kier alpha value is -2.35. The quantitative estimate of drug-likeness (QED) is 0.541. The molecule has 0 aliphatic heterocycles. The minimum Gasteiger partial charge on any atom is -0.573 e. The van der Waals surface area contributed by atoms with Crippen LogP contribution in [0, 0.1) is 11.8 Å². The number of nitrogens with zero attached hydrogens (tertiary/aromatic N) is 4. The van der Waals surface area contributed by atoms with Gasteiger partial charge in [0.1, 0.15) is 0 Å². The number of fused-ring (bicyclic) bond motifs is 1. The predicted molar refractivity (Wildman–Crippen MR) is 69.0 cm³/mol. The van der Waals surface area contributed by atoms with E-state index < -0.39 is 0 Å². The van der Waals surface area contributed by atoms with Crippen molar-refractivity contribution in [2.75, 3.05) is 0 Å². The fourth-order valence-electron chi connectivity index (χ4n) is 1.52. The zero-order chi connectivity index (χ0) is 14.1. The van der Waals surface area contributed by atoms with E-state index in [1.54, 1.807) is 6.20 Å². The molecular formula is C14H8IrN4O. The summed E-state index contributed by atoms with van der Waals surface area (Å²) < 4.78 is 0. The standard InChI is InChI=1S/C12H8N3.CN.CO.Ir/c1-2-6-10-9(5-1)14-12(15-10)11-7-3-4-8-13-11;2*1-2;/h1-8H;;;/q3*-1;+3. The van der Waals surface area contributed by atoms with Crippen LogP contribution in [-0.4, -0.2) is 16.8 Å². The van der Waals surface area contributed by atoms with E-state index >= 15 is 0 Å². The second-order valence-corrected chi connectivity index (χ2v) is 3.25. The summed E-state index contributed by atoms with van der Waals surface area (Å²) in [7, 11) is 0. The molecular weight excluding hydrogens is 432 g/mol. The first-order valence-corrected chi connectivity index (χ1v) is 5.17. The van der Waals surface area contributed by atoms with E-state index in [0.717, 1.165) is 16.7 Å². The molecule has 99 valence electrons. The van der Waals surface area contributed by atoms with Gasteiger partial charge in [-0.3, -0.25) is 4.98 Å². The molecule has 0 amide bonds. The average Bonchev–Trinajstić information content (AvgIpc) is 2.96. The molecule has 1 radical (unpaired) electrons. The summed E-state index contributed by atoms with van der Waals surface area (Å²) in [5.41, 5.74) is 2.64. The Bertz CT molecular complexity index is 619. The van der Waals surface area contributed by atoms with E-state index in [9.17, 15) is 0 Å². The third kappa shape index (κ3) is 4.09. The van der Waals surface area contributed by atoms with Gasteiger partial charge in [-0.1, -0.05) is 30.3 Å². The molecule has 5 nitrogen and oxygen atoms in total. The van der Waals surface area contributed by atoms with Gasteiger partial charge in [0.25, 0.3) is 0 Å². The molecule has 3 aromatic rings. The molecule has 0 fully saturated rings. The summed E-state index contributed by atoms with van der Waals surface area (Å²) in [6.07, 6.45) is 1.75. The van der Waals surface area contributed by atoms with Crippen molar-refractivity contribution < 1.29 is 24.9 Å². The number of carbonyl (C=O) groups excluding carboxylic acids is 1. The molecule has 6 heteroatoms. The monoisotopic (exact) mass is 441 g/mol. The first-order valence-electron chi connectivity index (χ1n) is 5.17. The maximum Gasteiger partial charge on any atom is 3.00 e. The van der Waals surface area contributed by atoms with Crippen LogP contribution in [0.3, 0.4) is 0 Å². The molecule has 0 saturated carbocycles. The van der Waals surface area contributed by atoms with Crippen LogP contribution in [0.25, 0.3) is 22.6 Å². The van der Waals surface area contributed by atoms with Gasteiger partial charge < -0.3 is 33.4 Å². The fourth-order valence-corrected chi connectivity index (χ4v) is 1.52. The Morgan fingerprint density at radius 2 is 1.65 bits per heavy atom. The Labute approximate surface area is 130 Å². The van der Waals surface area contributed by atoms with Crippen LogP contribution >= 0.6 is 0 Å². The Kier molecular flexibility index (Phi) is 8.44. The number of hydrogen-bond acceptors (Lipinski definition) is 4. The number of benzene rings is 1. The minimum absolute atomic E-state index is 0. The molecule has 0 aliphatic rings. The third-order valence-electron chi connectivity index (χ3n) is 2.23. The number of pyridine rings is 1. The van der Waals surface area contributed by atoms with E-state index in [1.807, 2.05) is 42.5 Å². The van der Waals surface area contributed by atoms with Crippen molar-refractivity contribution in [1.82, 2.24) is 15.0 Å². The number of rotatable bonds is 1. The van der Waals surface area contributed by atoms with Crippen molar-refractivity contribution >= 4 is 17.8 Å². The van der Waals surface area contributed by atoms with Crippen LogP contribution in [0.5, 0.6) is 0 Å². The first-order chi connectivity index (χ1) is 9.43. The molecule has 2 aromatic heterocycles. The van der Waals surface area contributed by atoms with Crippen molar-refractivity contribution in [2.24, 2.45) is 0 Å². The maximum absolute atomic E-state index is 7.50. The topological polar surface area (TPSA) is 80.7 Å². The van der Waals surface area contributed by atoms with Gasteiger partial charge in [0.05, 0.1) is 5.69 Å². The van der Waals surface area contributed by atoms with Gasteiger partial charge in [0, 0.05) is 6.20 Å². The van der Waals surface area contributed by atoms with Crippen LogP contribution in [0.1, 0.15) is 0 Å². The number of para-hydroxylation sites is 2. The van der Waals surface area contributed by atoms with Crippen molar-refractivity contribution in [3.8, 4) is 11.5 Å². The molecule has 1 aromatic carbocycles. The molecule has 2 heterocycles. The Morgan fingerprint density at radius 3 is 2.25 bits per heavy atom. The summed E-state index contributed by atoms with van der Waals surface area (Å²) in [5.74, 6) is 0.691. The Balaban J connectivity index is 0.000000667. The van der Waals surface area contributed by atoms with Crippen LogP contribution in [0.2, 0.25) is 0 Å². The summed E-state index contributed by atoms with van der Waals surface area (Å²) in [5, 5.41) is 6.25. The summed E-state index contributed by atoms with van der Waals surface area (Å²) in [6, 6.07) is 13.5. The van der Waals surface area contributed by atoms with Crippen molar-refractivity contribution in [2.45, 2.75) is 0 Å². The van der Waals surface area contributed by atoms with Crippen LogP contribution in [-0.2, 0) is 24.9 Å². The summed E-state index contributed by atoms with van der Waals surface area (Å²) >= 11 is 0. The molecule has 3 rings (SSSR count). The smallest absolute Gasteiger partial charge is 0.573 e. The van der Waals surface area contributed by atoms with Gasteiger partial charge in [-0.25, -0.2) is 0 Å². The zero-order valence-electron chi connectivity index (χ0n) is 10.1. The number of aromatic nitrogens is 3. The predicted octanol–water partition coefficient (Wildman–Crippen LogP) is 1.95. The SMILES string of the molecule is [C-]#N.[C-]=O.[Ir+3].c1ccc(-c2nc3ccccc3[n-]2)nc1. The summed E-state index contributed by atoms with van der Waals surface area (Å²) in [4.78, 5) is 20.5. The van der Waals surface area contributed by atoms with E-state index in [-0.39, 0.29) is 20.1 Å². The molecule has 0 saturated heterocycles. The molecule has 0 N–H and O–H groups in total. The Morgan fingerprint density at radius 1 is 1.00 bits per heavy atom. The number of imidazole rings is 1. The van der Waals surface area contributed by atoms with E-state index in [1.165, 1.54) is 0 Å². The van der Waals surface area contributed by atoms with Gasteiger partial charge in [0.15, 0.2) is 0 Å². The second kappa shape index (κ2) is 9.56. The largest absolute Gasteiger partial charge is 3.00 e. The normalized spacial score (nSPS) is 8.30. The van der Waals surface area contributed by atoms with Crippen molar-refractivity contribution in [3.05, 3.63) is 55.2 Å². The zero-order valence-corrected chi connectivity index (χ0v) is 12.5. The van der Waals surface area contributed by atoms with E-state index in [4.69, 9.17) is 16.6 Å². The molecule has 0 unspecified atom stereocenters. The van der Waals surface area contributed by atoms with E-state index in [0.29, 0.717) is 5.82 Å². The second-order valence-electron chi connectivity index (χ2n) is 3.25. The molecule has 0 atom stereocenters. The van der Waals surface area contributed by atoms with Crippen LogP contribution in [0.15, 0.2) is 48.7 Å². The fraction of sp³-hybridized carbons (Fsp3) is 0. The van der Waals surface area contributed by atoms with Gasteiger partial charge in [-0.2, -0.15) is 0 Å². The van der Waals surface area contributed by atoms with Crippen molar-refractivity contribution in [1.29, 1.82) is 5.26 Å². The molecule has 0 aliphatic carbocycles. The van der Waals surface area contributed by atoms with Gasteiger partial charge in [0.2, 0.25) is 0 Å². The van der Waals surface area contributed by atoms with E-state index in [2.05, 4.69) is 21.7 Å². The molecule has 20 heavy (non-hydrogen) atoms. The average molecular weight is 440 g/mol. The maximum atomic E-state index is 7.50. The van der Waals surface area contributed by atoms with Gasteiger partial charge in [-0.15, -0.1) is 0 Å². The van der Waals surface area contributed by atoms with Crippen LogP contribution in [0.4, 0.5) is 0 Å². The summed E-state index contributed by atoms with van der Waals surface area (Å²) in [6.45, 7) is 9.25. The first kappa shape index (κ1) is 17.6. The number of hydrogen-bond donors (Lipinski definition) is 0. The van der Waals surface area contributed by atoms with Gasteiger partial charge >= 0.3 is 20.1 Å². The minimum atomic E-state index is 0.